The summed E-state index contributed by atoms with van der Waals surface area (Å²) in [5, 5.41) is 4.67. The number of para-hydroxylation sites is 2. The van der Waals surface area contributed by atoms with Gasteiger partial charge in [0.05, 0.1) is 12.3 Å². The van der Waals surface area contributed by atoms with Crippen molar-refractivity contribution in [2.45, 2.75) is 0 Å². The van der Waals surface area contributed by atoms with E-state index in [4.69, 9.17) is 4.99 Å². The summed E-state index contributed by atoms with van der Waals surface area (Å²) in [6.45, 7) is 1.67. The van der Waals surface area contributed by atoms with E-state index in [-0.39, 0.29) is 0 Å². The smallest absolute Gasteiger partial charge is 0.0761 e. The molecule has 1 aliphatic heterocycles. The molecule has 0 spiro atoms. The van der Waals surface area contributed by atoms with Gasteiger partial charge in [0, 0.05) is 40.5 Å². The molecule has 3 aromatic rings. The first-order chi connectivity index (χ1) is 9.93. The highest BCUT2D eigenvalue weighted by molar-refractivity contribution is 6.21. The van der Waals surface area contributed by atoms with E-state index < -0.39 is 0 Å². The third-order valence-electron chi connectivity index (χ3n) is 3.72. The lowest BCUT2D eigenvalue weighted by Gasteiger charge is -2.09. The Morgan fingerprint density at radius 1 is 0.900 bits per heavy atom. The maximum atomic E-state index is 4.79. The van der Waals surface area contributed by atoms with Gasteiger partial charge < -0.3 is 10.3 Å². The molecular weight excluding hydrogens is 246 g/mol. The Bertz CT molecular complexity index is 799. The monoisotopic (exact) mass is 261 g/mol. The van der Waals surface area contributed by atoms with E-state index in [2.05, 4.69) is 59.0 Å². The van der Waals surface area contributed by atoms with Crippen molar-refractivity contribution in [2.24, 2.45) is 4.99 Å². The molecule has 1 aromatic heterocycles. The number of hydrogen-bond acceptors (Lipinski definition) is 2. The highest BCUT2D eigenvalue weighted by atomic mass is 14.9. The maximum Gasteiger partial charge on any atom is 0.0761 e. The van der Waals surface area contributed by atoms with E-state index in [0.717, 1.165) is 30.0 Å². The lowest BCUT2D eigenvalue weighted by Crippen LogP contribution is -2.04. The number of aliphatic imine (C=N–C) groups is 1. The Hall–Kier alpha value is -2.55. The SMILES string of the molecule is c1ccc2c(c1)NCCN=C2c1c[nH]c2ccccc12. The third-order valence-corrected chi connectivity index (χ3v) is 3.72. The van der Waals surface area contributed by atoms with Crippen molar-refractivity contribution in [1.82, 2.24) is 4.98 Å². The number of anilines is 1. The first-order valence-electron chi connectivity index (χ1n) is 6.88. The van der Waals surface area contributed by atoms with Crippen LogP contribution in [0.2, 0.25) is 0 Å². The number of hydrogen-bond donors (Lipinski definition) is 2. The van der Waals surface area contributed by atoms with Crippen LogP contribution in [0.25, 0.3) is 10.9 Å². The number of H-pyrrole nitrogens is 1. The van der Waals surface area contributed by atoms with Gasteiger partial charge in [-0.1, -0.05) is 36.4 Å². The summed E-state index contributed by atoms with van der Waals surface area (Å²) in [6.07, 6.45) is 2.06. The van der Waals surface area contributed by atoms with Crippen LogP contribution in [0, 0.1) is 0 Å². The van der Waals surface area contributed by atoms with Crippen LogP contribution in [-0.2, 0) is 0 Å². The second-order valence-corrected chi connectivity index (χ2v) is 4.95. The molecule has 0 fully saturated rings. The zero-order valence-corrected chi connectivity index (χ0v) is 11.1. The van der Waals surface area contributed by atoms with Gasteiger partial charge in [0.2, 0.25) is 0 Å². The highest BCUT2D eigenvalue weighted by Gasteiger charge is 2.16. The van der Waals surface area contributed by atoms with Crippen molar-refractivity contribution in [2.75, 3.05) is 18.4 Å². The van der Waals surface area contributed by atoms with Crippen LogP contribution < -0.4 is 5.32 Å². The van der Waals surface area contributed by atoms with Crippen LogP contribution in [0.15, 0.2) is 59.7 Å². The number of nitrogens with one attached hydrogen (secondary N) is 2. The Morgan fingerprint density at radius 2 is 1.75 bits per heavy atom. The minimum absolute atomic E-state index is 0.795. The number of aromatic amines is 1. The Morgan fingerprint density at radius 3 is 2.75 bits per heavy atom. The standard InChI is InChI=1S/C17H15N3/c1-3-7-15-12(5-1)14(11-20-15)17-13-6-2-4-8-16(13)18-9-10-19-17/h1-8,11,18,20H,9-10H2. The van der Waals surface area contributed by atoms with Gasteiger partial charge in [-0.05, 0) is 12.1 Å². The summed E-state index contributed by atoms with van der Waals surface area (Å²) in [7, 11) is 0. The minimum atomic E-state index is 0.795. The van der Waals surface area contributed by atoms with Gasteiger partial charge in [-0.25, -0.2) is 0 Å². The van der Waals surface area contributed by atoms with E-state index in [1.54, 1.807) is 0 Å². The summed E-state index contributed by atoms with van der Waals surface area (Å²) in [5.74, 6) is 0. The van der Waals surface area contributed by atoms with Crippen molar-refractivity contribution in [3.63, 3.8) is 0 Å². The fourth-order valence-electron chi connectivity index (χ4n) is 2.78. The fraction of sp³-hybridized carbons (Fsp3) is 0.118. The van der Waals surface area contributed by atoms with E-state index in [9.17, 15) is 0 Å². The Kier molecular flexibility index (Phi) is 2.56. The van der Waals surface area contributed by atoms with Gasteiger partial charge in [0.25, 0.3) is 0 Å². The van der Waals surface area contributed by atoms with Gasteiger partial charge in [-0.2, -0.15) is 0 Å². The molecule has 1 aliphatic rings. The number of benzene rings is 2. The summed E-state index contributed by atoms with van der Waals surface area (Å²) in [4.78, 5) is 8.13. The largest absolute Gasteiger partial charge is 0.383 e. The zero-order valence-electron chi connectivity index (χ0n) is 11.1. The van der Waals surface area contributed by atoms with Gasteiger partial charge in [0.15, 0.2) is 0 Å². The van der Waals surface area contributed by atoms with Crippen LogP contribution in [0.1, 0.15) is 11.1 Å². The molecule has 0 amide bonds. The van der Waals surface area contributed by atoms with E-state index in [1.807, 2.05) is 6.07 Å². The molecule has 2 N–H and O–H groups in total. The molecule has 0 radical (unpaired) electrons. The predicted octanol–water partition coefficient (Wildman–Crippen LogP) is 3.43. The number of rotatable bonds is 1. The second-order valence-electron chi connectivity index (χ2n) is 4.95. The van der Waals surface area contributed by atoms with Crippen molar-refractivity contribution in [1.29, 1.82) is 0 Å². The molecule has 3 nitrogen and oxygen atoms in total. The Labute approximate surface area is 117 Å². The normalized spacial score (nSPS) is 14.3. The van der Waals surface area contributed by atoms with E-state index >= 15 is 0 Å². The predicted molar refractivity (Wildman–Crippen MR) is 83.7 cm³/mol. The van der Waals surface area contributed by atoms with Crippen molar-refractivity contribution >= 4 is 22.3 Å². The lowest BCUT2D eigenvalue weighted by molar-refractivity contribution is 1.04. The van der Waals surface area contributed by atoms with E-state index in [1.165, 1.54) is 16.5 Å². The first kappa shape index (κ1) is 11.3. The summed E-state index contributed by atoms with van der Waals surface area (Å²) >= 11 is 0. The average Bonchev–Trinajstić information content (AvgIpc) is 2.81. The van der Waals surface area contributed by atoms with Crippen LogP contribution in [0.3, 0.4) is 0 Å². The molecule has 0 atom stereocenters. The number of aromatic nitrogens is 1. The molecule has 0 bridgehead atoms. The molecular formula is C17H15N3. The van der Waals surface area contributed by atoms with Gasteiger partial charge in [-0.15, -0.1) is 0 Å². The van der Waals surface area contributed by atoms with Crippen molar-refractivity contribution in [3.05, 3.63) is 65.9 Å². The molecule has 0 saturated heterocycles. The first-order valence-corrected chi connectivity index (χ1v) is 6.88. The van der Waals surface area contributed by atoms with Crippen LogP contribution >= 0.6 is 0 Å². The quantitative estimate of drug-likeness (QED) is 0.692. The Balaban J connectivity index is 1.96. The molecule has 2 aromatic carbocycles. The van der Waals surface area contributed by atoms with Crippen LogP contribution in [-0.4, -0.2) is 23.8 Å². The zero-order chi connectivity index (χ0) is 13.4. The lowest BCUT2D eigenvalue weighted by atomic mass is 10.00. The van der Waals surface area contributed by atoms with Crippen LogP contribution in [0.5, 0.6) is 0 Å². The molecule has 0 unspecified atom stereocenters. The topological polar surface area (TPSA) is 40.2 Å². The van der Waals surface area contributed by atoms with Gasteiger partial charge in [0.1, 0.15) is 0 Å². The van der Waals surface area contributed by atoms with E-state index in [0.29, 0.717) is 0 Å². The molecule has 2 heterocycles. The average molecular weight is 261 g/mol. The van der Waals surface area contributed by atoms with Crippen molar-refractivity contribution < 1.29 is 0 Å². The van der Waals surface area contributed by atoms with Crippen molar-refractivity contribution in [3.8, 4) is 0 Å². The fourth-order valence-corrected chi connectivity index (χ4v) is 2.78. The maximum absolute atomic E-state index is 4.79. The molecule has 0 aliphatic carbocycles. The molecule has 20 heavy (non-hydrogen) atoms. The molecule has 98 valence electrons. The minimum Gasteiger partial charge on any atom is -0.383 e. The van der Waals surface area contributed by atoms with Gasteiger partial charge >= 0.3 is 0 Å². The summed E-state index contributed by atoms with van der Waals surface area (Å²) in [5.41, 5.74) is 5.74. The third kappa shape index (κ3) is 1.71. The molecule has 0 saturated carbocycles. The molecule has 3 heteroatoms. The highest BCUT2D eigenvalue weighted by Crippen LogP contribution is 2.26. The summed E-state index contributed by atoms with van der Waals surface area (Å²) < 4.78 is 0. The summed E-state index contributed by atoms with van der Waals surface area (Å²) in [6, 6.07) is 16.7. The number of benzodiazepines with no additional fused rings is 1. The van der Waals surface area contributed by atoms with Gasteiger partial charge in [-0.3, -0.25) is 4.99 Å². The number of fused-ring (bicyclic) bond motifs is 2. The number of nitrogens with zero attached hydrogens (tertiary/aromatic N) is 1. The second kappa shape index (κ2) is 4.53. The molecule has 4 rings (SSSR count). The van der Waals surface area contributed by atoms with Crippen LogP contribution in [0.4, 0.5) is 5.69 Å².